The van der Waals surface area contributed by atoms with Gasteiger partial charge in [-0.3, -0.25) is 48.4 Å². The summed E-state index contributed by atoms with van der Waals surface area (Å²) in [5.41, 5.74) is 7.34. The molecule has 1 unspecified atom stereocenters. The monoisotopic (exact) mass is 1180 g/mol. The third kappa shape index (κ3) is 14.3. The topological polar surface area (TPSA) is 233 Å². The second kappa shape index (κ2) is 27.5. The molecule has 4 atom stereocenters. The van der Waals surface area contributed by atoms with E-state index in [0.717, 1.165) is 61.3 Å². The van der Waals surface area contributed by atoms with Crippen molar-refractivity contribution < 1.29 is 52.5 Å². The number of hydrogen-bond donors (Lipinski definition) is 3. The highest BCUT2D eigenvalue weighted by Crippen LogP contribution is 2.42. The third-order valence-corrected chi connectivity index (χ3v) is 16.5. The van der Waals surface area contributed by atoms with Crippen molar-refractivity contribution in [2.24, 2.45) is 15.9 Å². The highest BCUT2D eigenvalue weighted by molar-refractivity contribution is 6.13. The summed E-state index contributed by atoms with van der Waals surface area (Å²) in [6, 6.07) is 20.4. The van der Waals surface area contributed by atoms with Crippen LogP contribution < -0.4 is 39.8 Å². The Morgan fingerprint density at radius 2 is 1.18 bits per heavy atom. The molecular formula is C66H76N10O11. The Hall–Kier alpha value is -9.11. The number of piperazine rings is 1. The fraction of sp³-hybridized carbons (Fsp3) is 0.409. The predicted octanol–water partition coefficient (Wildman–Crippen LogP) is 8.10. The van der Waals surface area contributed by atoms with Crippen molar-refractivity contribution in [3.8, 4) is 23.0 Å². The fourth-order valence-electron chi connectivity index (χ4n) is 11.4. The summed E-state index contributed by atoms with van der Waals surface area (Å²) in [4.78, 5) is 110. The van der Waals surface area contributed by atoms with Gasteiger partial charge in [-0.25, -0.2) is 0 Å². The first-order chi connectivity index (χ1) is 42.0. The molecule has 87 heavy (non-hydrogen) atoms. The van der Waals surface area contributed by atoms with Gasteiger partial charge >= 0.3 is 0 Å². The minimum absolute atomic E-state index is 0.140. The largest absolute Gasteiger partial charge is 0.493 e. The number of anilines is 2. The molecule has 1 fully saturated rings. The van der Waals surface area contributed by atoms with E-state index in [2.05, 4.69) is 57.1 Å². The lowest BCUT2D eigenvalue weighted by molar-refractivity contribution is -0.137. The minimum Gasteiger partial charge on any atom is -0.493 e. The zero-order chi connectivity index (χ0) is 61.3. The van der Waals surface area contributed by atoms with E-state index in [-0.39, 0.29) is 60.5 Å². The zero-order valence-corrected chi connectivity index (χ0v) is 50.2. The number of ether oxygens (including phenoxy) is 4. The number of aliphatic imine (C=N–C) groups is 2. The van der Waals surface area contributed by atoms with Gasteiger partial charge in [0.1, 0.15) is 12.1 Å². The van der Waals surface area contributed by atoms with Crippen molar-refractivity contribution in [2.45, 2.75) is 103 Å². The van der Waals surface area contributed by atoms with E-state index in [4.69, 9.17) is 28.9 Å². The maximum absolute atomic E-state index is 14.2. The number of imide groups is 1. The van der Waals surface area contributed by atoms with E-state index in [9.17, 15) is 33.6 Å². The number of hydrogen-bond acceptors (Lipinski definition) is 15. The molecule has 4 aromatic carbocycles. The highest BCUT2D eigenvalue weighted by Gasteiger charge is 2.36. The SMILES string of the molecule is COc1cc2c(cc1OCCCCCOc1cc3c(cc1OC)C(=O)N1C=C(c4cccc(NC(=O)[C@H](C)NC(=O)C(NC(=O)CCCCCN5C(=O)C=CC5=O)C(C)C)c4)C[C@H]1C=N3)N=C[C@@H]1CC(c3ccc(N4CCN(C)CC4)cc3)=CN1C2=O. The quantitative estimate of drug-likeness (QED) is 0.0421. The van der Waals surface area contributed by atoms with Gasteiger partial charge in [-0.05, 0) is 111 Å². The van der Waals surface area contributed by atoms with Crippen molar-refractivity contribution in [3.63, 3.8) is 0 Å². The van der Waals surface area contributed by atoms with Crippen molar-refractivity contribution in [1.82, 2.24) is 30.2 Å². The summed E-state index contributed by atoms with van der Waals surface area (Å²) in [5.74, 6) is -0.777. The summed E-state index contributed by atoms with van der Waals surface area (Å²) in [5, 5.41) is 8.41. The first-order valence-electron chi connectivity index (χ1n) is 30.0. The number of benzene rings is 4. The maximum Gasteiger partial charge on any atom is 0.260 e. The van der Waals surface area contributed by atoms with Crippen molar-refractivity contribution in [2.75, 3.05) is 77.4 Å². The number of carbonyl (C=O) groups is 7. The molecular weight excluding hydrogens is 1110 g/mol. The molecule has 6 aliphatic heterocycles. The number of carbonyl (C=O) groups excluding carboxylic acids is 7. The van der Waals surface area contributed by atoms with Gasteiger partial charge in [0, 0.05) is 112 Å². The Morgan fingerprint density at radius 1 is 0.621 bits per heavy atom. The molecule has 0 radical (unpaired) electrons. The van der Waals surface area contributed by atoms with E-state index in [0.29, 0.717) is 103 Å². The average molecular weight is 1190 g/mol. The number of likely N-dealkylation sites (N-methyl/N-ethyl adjacent to an activating group) is 1. The highest BCUT2D eigenvalue weighted by atomic mass is 16.5. The zero-order valence-electron chi connectivity index (χ0n) is 50.2. The average Bonchev–Trinajstić information content (AvgIpc) is 2.23. The Kier molecular flexibility index (Phi) is 19.3. The van der Waals surface area contributed by atoms with Crippen LogP contribution in [0.2, 0.25) is 0 Å². The number of rotatable bonds is 25. The van der Waals surface area contributed by atoms with Gasteiger partial charge in [0.2, 0.25) is 17.7 Å². The molecule has 0 bridgehead atoms. The van der Waals surface area contributed by atoms with Gasteiger partial charge in [-0.2, -0.15) is 0 Å². The Morgan fingerprint density at radius 3 is 1.75 bits per heavy atom. The summed E-state index contributed by atoms with van der Waals surface area (Å²) in [6.45, 7) is 10.3. The Labute approximate surface area is 507 Å². The van der Waals surface area contributed by atoms with Crippen LogP contribution in [0.15, 0.2) is 107 Å². The third-order valence-electron chi connectivity index (χ3n) is 16.5. The lowest BCUT2D eigenvalue weighted by atomic mass is 10.0. The van der Waals surface area contributed by atoms with Crippen LogP contribution >= 0.6 is 0 Å². The smallest absolute Gasteiger partial charge is 0.260 e. The predicted molar refractivity (Wildman–Crippen MR) is 332 cm³/mol. The van der Waals surface area contributed by atoms with Crippen LogP contribution in [-0.2, 0) is 24.0 Å². The molecule has 6 aliphatic rings. The van der Waals surface area contributed by atoms with Crippen molar-refractivity contribution >= 4 is 87.7 Å². The maximum atomic E-state index is 14.2. The van der Waals surface area contributed by atoms with Crippen LogP contribution in [0.3, 0.4) is 0 Å². The molecule has 0 spiro atoms. The van der Waals surface area contributed by atoms with Crippen LogP contribution in [-0.4, -0.2) is 165 Å². The van der Waals surface area contributed by atoms with Gasteiger partial charge in [0.25, 0.3) is 23.6 Å². The standard InChI is InChI=1S/C66H76N10O11/c1-41(2)62(71-59(77)16-9-7-10-23-74-60(78)21-22-61(74)79)64(81)69-42(3)63(80)70-47-15-13-14-44(30-47)46-32-50-38-68-54-36-58(56(85-6)34-52(54)66(83)76(50)40-46)87-29-12-8-11-28-86-57-35-53-51(33-55(57)84-5)65(82)75-39-45(31-49(75)37-67-53)43-17-19-48(20-18-43)73-26-24-72(4)25-27-73/h13-15,17-22,30,33-42,49-50,62H,7-12,16,23-29,31-32H2,1-6H3,(H,69,81)(H,70,80)(H,71,77)/t42-,49-,50-,62?/m0/s1. The number of nitrogens with one attached hydrogen (secondary N) is 3. The summed E-state index contributed by atoms with van der Waals surface area (Å²) in [6.07, 6.45) is 15.0. The molecule has 456 valence electrons. The van der Waals surface area contributed by atoms with Crippen LogP contribution in [0.1, 0.15) is 110 Å². The first-order valence-corrected chi connectivity index (χ1v) is 30.0. The summed E-state index contributed by atoms with van der Waals surface area (Å²) in [7, 11) is 5.24. The number of amides is 7. The Bertz CT molecular complexity index is 3440. The second-order valence-electron chi connectivity index (χ2n) is 23.0. The molecule has 0 aromatic heterocycles. The first kappa shape index (κ1) is 61.0. The lowest BCUT2D eigenvalue weighted by Crippen LogP contribution is -2.53. The lowest BCUT2D eigenvalue weighted by Gasteiger charge is -2.34. The van der Waals surface area contributed by atoms with Gasteiger partial charge in [-0.15, -0.1) is 0 Å². The van der Waals surface area contributed by atoms with E-state index >= 15 is 0 Å². The normalized spacial score (nSPS) is 18.5. The van der Waals surface area contributed by atoms with Crippen LogP contribution in [0.5, 0.6) is 23.0 Å². The molecule has 21 nitrogen and oxygen atoms in total. The number of unbranched alkanes of at least 4 members (excludes halogenated alkanes) is 4. The molecule has 0 saturated carbocycles. The van der Waals surface area contributed by atoms with E-state index < -0.39 is 23.9 Å². The Balaban J connectivity index is 0.669. The number of methoxy groups -OCH3 is 2. The minimum atomic E-state index is -0.944. The molecule has 6 heterocycles. The van der Waals surface area contributed by atoms with Gasteiger partial charge in [0.15, 0.2) is 23.0 Å². The molecule has 10 rings (SSSR count). The van der Waals surface area contributed by atoms with Crippen LogP contribution in [0, 0.1) is 5.92 Å². The number of nitrogens with zero attached hydrogens (tertiary/aromatic N) is 7. The molecule has 0 aliphatic carbocycles. The summed E-state index contributed by atoms with van der Waals surface area (Å²) >= 11 is 0. The van der Waals surface area contributed by atoms with Crippen molar-refractivity contribution in [3.05, 3.63) is 120 Å². The van der Waals surface area contributed by atoms with Gasteiger partial charge < -0.3 is 54.5 Å². The fourth-order valence-corrected chi connectivity index (χ4v) is 11.4. The van der Waals surface area contributed by atoms with Crippen LogP contribution in [0.4, 0.5) is 22.7 Å². The van der Waals surface area contributed by atoms with Gasteiger partial charge in [-0.1, -0.05) is 44.5 Å². The van der Waals surface area contributed by atoms with E-state index in [1.807, 2.05) is 24.5 Å². The number of fused-ring (bicyclic) bond motifs is 4. The van der Waals surface area contributed by atoms with Gasteiger partial charge in [0.05, 0.1) is 62.0 Å². The second-order valence-corrected chi connectivity index (χ2v) is 23.0. The van der Waals surface area contributed by atoms with Crippen LogP contribution in [0.25, 0.3) is 11.1 Å². The van der Waals surface area contributed by atoms with Crippen molar-refractivity contribution in [1.29, 1.82) is 0 Å². The van der Waals surface area contributed by atoms with E-state index in [1.165, 1.54) is 29.8 Å². The molecule has 1 saturated heterocycles. The summed E-state index contributed by atoms with van der Waals surface area (Å²) < 4.78 is 23.9. The van der Waals surface area contributed by atoms with E-state index in [1.54, 1.807) is 86.5 Å². The molecule has 7 amide bonds. The molecule has 3 N–H and O–H groups in total. The molecule has 4 aromatic rings. The molecule has 21 heteroatoms.